The van der Waals surface area contributed by atoms with Gasteiger partial charge in [-0.15, -0.1) is 0 Å². The minimum Gasteiger partial charge on any atom is -0.398 e. The SMILES string of the molecule is CN(CCC#N)C(=O)c1ccc(Cl)cc1N. The zero-order valence-electron chi connectivity index (χ0n) is 8.90. The monoisotopic (exact) mass is 237 g/mol. The molecule has 0 atom stereocenters. The summed E-state index contributed by atoms with van der Waals surface area (Å²) in [6, 6.07) is 6.72. The molecular formula is C11H12ClN3O. The van der Waals surface area contributed by atoms with Crippen molar-refractivity contribution in [1.82, 2.24) is 4.90 Å². The fourth-order valence-electron chi connectivity index (χ4n) is 1.25. The average Bonchev–Trinajstić information content (AvgIpc) is 2.25. The van der Waals surface area contributed by atoms with Crippen molar-refractivity contribution in [2.75, 3.05) is 19.3 Å². The minimum absolute atomic E-state index is 0.204. The van der Waals surface area contributed by atoms with E-state index in [1.165, 1.54) is 11.0 Å². The van der Waals surface area contributed by atoms with E-state index in [1.54, 1.807) is 19.2 Å². The van der Waals surface area contributed by atoms with Crippen LogP contribution in [0.4, 0.5) is 5.69 Å². The van der Waals surface area contributed by atoms with Crippen LogP contribution in [0.5, 0.6) is 0 Å². The Morgan fingerprint density at radius 1 is 1.62 bits per heavy atom. The molecule has 0 spiro atoms. The van der Waals surface area contributed by atoms with Gasteiger partial charge in [-0.25, -0.2) is 0 Å². The third-order valence-corrected chi connectivity index (χ3v) is 2.38. The Hall–Kier alpha value is -1.73. The first kappa shape index (κ1) is 12.3. The van der Waals surface area contributed by atoms with E-state index in [1.807, 2.05) is 6.07 Å². The van der Waals surface area contributed by atoms with Gasteiger partial charge in [0.05, 0.1) is 18.1 Å². The fraction of sp³-hybridized carbons (Fsp3) is 0.273. The third kappa shape index (κ3) is 2.88. The summed E-state index contributed by atoms with van der Waals surface area (Å²) in [4.78, 5) is 13.3. The Labute approximate surface area is 99.2 Å². The summed E-state index contributed by atoms with van der Waals surface area (Å²) in [6.07, 6.45) is 0.301. The van der Waals surface area contributed by atoms with Gasteiger partial charge in [-0.1, -0.05) is 11.6 Å². The maximum atomic E-state index is 11.9. The first-order valence-corrected chi connectivity index (χ1v) is 5.11. The van der Waals surface area contributed by atoms with Crippen LogP contribution >= 0.6 is 11.6 Å². The van der Waals surface area contributed by atoms with Gasteiger partial charge in [0.2, 0.25) is 0 Å². The molecule has 5 heteroatoms. The van der Waals surface area contributed by atoms with E-state index in [2.05, 4.69) is 0 Å². The number of halogens is 1. The number of hydrogen-bond donors (Lipinski definition) is 1. The molecule has 0 saturated heterocycles. The van der Waals surface area contributed by atoms with Crippen LogP contribution in [0.15, 0.2) is 18.2 Å². The number of hydrogen-bond acceptors (Lipinski definition) is 3. The number of anilines is 1. The van der Waals surface area contributed by atoms with E-state index in [0.29, 0.717) is 29.2 Å². The predicted octanol–water partition coefficient (Wildman–Crippen LogP) is 1.91. The lowest BCUT2D eigenvalue weighted by atomic mass is 10.1. The van der Waals surface area contributed by atoms with Gasteiger partial charge >= 0.3 is 0 Å². The van der Waals surface area contributed by atoms with Gasteiger partial charge in [-0.2, -0.15) is 5.26 Å². The minimum atomic E-state index is -0.204. The third-order valence-electron chi connectivity index (χ3n) is 2.15. The zero-order valence-corrected chi connectivity index (χ0v) is 9.66. The van der Waals surface area contributed by atoms with E-state index >= 15 is 0 Å². The molecule has 84 valence electrons. The lowest BCUT2D eigenvalue weighted by molar-refractivity contribution is 0.0799. The van der Waals surface area contributed by atoms with Crippen LogP contribution in [0, 0.1) is 11.3 Å². The standard InChI is InChI=1S/C11H12ClN3O/c1-15(6-2-5-13)11(16)9-4-3-8(12)7-10(9)14/h3-4,7H,2,6,14H2,1H3. The molecule has 4 nitrogen and oxygen atoms in total. The second-order valence-electron chi connectivity index (χ2n) is 3.37. The summed E-state index contributed by atoms with van der Waals surface area (Å²) in [5.74, 6) is -0.204. The van der Waals surface area contributed by atoms with E-state index in [9.17, 15) is 4.79 Å². The fourth-order valence-corrected chi connectivity index (χ4v) is 1.43. The van der Waals surface area contributed by atoms with E-state index in [-0.39, 0.29) is 5.91 Å². The average molecular weight is 238 g/mol. The Balaban J connectivity index is 2.84. The molecule has 1 aromatic rings. The van der Waals surface area contributed by atoms with Crippen molar-refractivity contribution in [2.24, 2.45) is 0 Å². The maximum absolute atomic E-state index is 11.9. The number of carbonyl (C=O) groups is 1. The number of nitriles is 1. The number of rotatable bonds is 3. The lowest BCUT2D eigenvalue weighted by Gasteiger charge is -2.16. The van der Waals surface area contributed by atoms with Crippen LogP contribution in [-0.4, -0.2) is 24.4 Å². The van der Waals surface area contributed by atoms with Gasteiger partial charge in [0, 0.05) is 24.3 Å². The summed E-state index contributed by atoms with van der Waals surface area (Å²) in [5.41, 5.74) is 6.45. The van der Waals surface area contributed by atoms with Crippen molar-refractivity contribution in [2.45, 2.75) is 6.42 Å². The molecule has 1 rings (SSSR count). The highest BCUT2D eigenvalue weighted by molar-refractivity contribution is 6.31. The first-order chi connectivity index (χ1) is 7.56. The summed E-state index contributed by atoms with van der Waals surface area (Å²) >= 11 is 5.74. The van der Waals surface area contributed by atoms with Gasteiger partial charge in [0.25, 0.3) is 5.91 Å². The molecule has 1 amide bonds. The van der Waals surface area contributed by atoms with Crippen LogP contribution in [0.25, 0.3) is 0 Å². The lowest BCUT2D eigenvalue weighted by Crippen LogP contribution is -2.28. The molecule has 0 aliphatic carbocycles. The predicted molar refractivity (Wildman–Crippen MR) is 63.1 cm³/mol. The normalized spacial score (nSPS) is 9.56. The van der Waals surface area contributed by atoms with E-state index < -0.39 is 0 Å². The topological polar surface area (TPSA) is 70.1 Å². The molecule has 0 heterocycles. The second kappa shape index (κ2) is 5.38. The molecule has 0 bridgehead atoms. The van der Waals surface area contributed by atoms with Gasteiger partial charge in [-0.3, -0.25) is 4.79 Å². The highest BCUT2D eigenvalue weighted by atomic mass is 35.5. The second-order valence-corrected chi connectivity index (χ2v) is 3.80. The molecule has 0 aromatic heterocycles. The van der Waals surface area contributed by atoms with Gasteiger partial charge in [-0.05, 0) is 18.2 Å². The molecule has 1 aromatic carbocycles. The molecule has 0 aliphatic rings. The number of benzene rings is 1. The number of carbonyl (C=O) groups excluding carboxylic acids is 1. The number of nitrogens with zero attached hydrogens (tertiary/aromatic N) is 2. The van der Waals surface area contributed by atoms with Crippen molar-refractivity contribution < 1.29 is 4.79 Å². The summed E-state index contributed by atoms with van der Waals surface area (Å²) in [5, 5.41) is 8.92. The molecule has 0 radical (unpaired) electrons. The van der Waals surface area contributed by atoms with Crippen LogP contribution < -0.4 is 5.73 Å². The highest BCUT2D eigenvalue weighted by Gasteiger charge is 2.14. The van der Waals surface area contributed by atoms with Crippen LogP contribution in [0.1, 0.15) is 16.8 Å². The van der Waals surface area contributed by atoms with Crippen molar-refractivity contribution >= 4 is 23.2 Å². The smallest absolute Gasteiger partial charge is 0.255 e. The Bertz CT molecular complexity index is 439. The first-order valence-electron chi connectivity index (χ1n) is 4.73. The van der Waals surface area contributed by atoms with Gasteiger partial charge < -0.3 is 10.6 Å². The van der Waals surface area contributed by atoms with Crippen molar-refractivity contribution in [3.63, 3.8) is 0 Å². The van der Waals surface area contributed by atoms with Crippen molar-refractivity contribution in [3.8, 4) is 6.07 Å². The molecular weight excluding hydrogens is 226 g/mol. The van der Waals surface area contributed by atoms with Crippen molar-refractivity contribution in [1.29, 1.82) is 5.26 Å². The quantitative estimate of drug-likeness (QED) is 0.817. The van der Waals surface area contributed by atoms with Crippen LogP contribution in [0.3, 0.4) is 0 Å². The highest BCUT2D eigenvalue weighted by Crippen LogP contribution is 2.19. The molecule has 0 unspecified atom stereocenters. The van der Waals surface area contributed by atoms with E-state index in [4.69, 9.17) is 22.6 Å². The summed E-state index contributed by atoms with van der Waals surface area (Å²) in [6.45, 7) is 0.386. The molecule has 0 fully saturated rings. The Morgan fingerprint density at radius 3 is 2.88 bits per heavy atom. The van der Waals surface area contributed by atoms with Crippen LogP contribution in [-0.2, 0) is 0 Å². The number of nitrogen functional groups attached to an aromatic ring is 1. The zero-order chi connectivity index (χ0) is 12.1. The number of nitrogens with two attached hydrogens (primary N) is 1. The molecule has 16 heavy (non-hydrogen) atoms. The van der Waals surface area contributed by atoms with Crippen LogP contribution in [0.2, 0.25) is 5.02 Å². The Kier molecular flexibility index (Phi) is 4.15. The maximum Gasteiger partial charge on any atom is 0.255 e. The number of amides is 1. The van der Waals surface area contributed by atoms with Crippen molar-refractivity contribution in [3.05, 3.63) is 28.8 Å². The summed E-state index contributed by atoms with van der Waals surface area (Å²) < 4.78 is 0. The molecule has 2 N–H and O–H groups in total. The Morgan fingerprint density at radius 2 is 2.31 bits per heavy atom. The van der Waals surface area contributed by atoms with Gasteiger partial charge in [0.1, 0.15) is 0 Å². The summed E-state index contributed by atoms with van der Waals surface area (Å²) in [7, 11) is 1.63. The van der Waals surface area contributed by atoms with E-state index in [0.717, 1.165) is 0 Å². The van der Waals surface area contributed by atoms with Gasteiger partial charge in [0.15, 0.2) is 0 Å². The molecule has 0 aliphatic heterocycles. The molecule has 0 saturated carbocycles. The largest absolute Gasteiger partial charge is 0.398 e.